The number of aliphatic hydroxyl groups excluding tert-OH is 1. The van der Waals surface area contributed by atoms with Gasteiger partial charge in [-0.05, 0) is 56.2 Å². The zero-order valence-corrected chi connectivity index (χ0v) is 19.3. The number of carbonyl (C=O) groups excluding carboxylic acids is 1. The molecule has 32 heavy (non-hydrogen) atoms. The summed E-state index contributed by atoms with van der Waals surface area (Å²) in [6.07, 6.45) is 8.44. The minimum Gasteiger partial charge on any atom is -0.393 e. The fraction of sp³-hybridized carbons (Fsp3) is 0.522. The van der Waals surface area contributed by atoms with Crippen LogP contribution in [0.2, 0.25) is 0 Å². The first kappa shape index (κ1) is 22.9. The van der Waals surface area contributed by atoms with Crippen LogP contribution in [-0.4, -0.2) is 45.3 Å². The predicted octanol–water partition coefficient (Wildman–Crippen LogP) is 4.97. The van der Waals surface area contributed by atoms with Crippen LogP contribution in [0.5, 0.6) is 11.5 Å². The van der Waals surface area contributed by atoms with Gasteiger partial charge in [-0.1, -0.05) is 18.6 Å². The molecule has 2 fully saturated rings. The highest BCUT2D eigenvalue weighted by Crippen LogP contribution is 2.42. The van der Waals surface area contributed by atoms with Crippen molar-refractivity contribution in [2.24, 2.45) is 0 Å². The molecule has 4 rings (SSSR count). The number of aromatic nitrogens is 1. The van der Waals surface area contributed by atoms with Gasteiger partial charge in [-0.2, -0.15) is 0 Å². The first-order chi connectivity index (χ1) is 15.5. The topological polar surface area (TPSA) is 84.0 Å². The Labute approximate surface area is 190 Å². The molecule has 0 saturated carbocycles. The van der Waals surface area contributed by atoms with E-state index in [1.165, 1.54) is 11.6 Å². The smallest absolute Gasteiger partial charge is 0.223 e. The minimum absolute atomic E-state index is 0.0341. The average Bonchev–Trinajstić information content (AvgIpc) is 3.20. The van der Waals surface area contributed by atoms with Crippen LogP contribution >= 0.6 is 12.0 Å². The average molecular weight is 465 g/mol. The van der Waals surface area contributed by atoms with E-state index in [-0.39, 0.29) is 41.5 Å². The van der Waals surface area contributed by atoms with Gasteiger partial charge in [0.05, 0.1) is 11.5 Å². The Bertz CT molecular complexity index is 992. The third-order valence-electron chi connectivity index (χ3n) is 6.64. The van der Waals surface area contributed by atoms with Crippen molar-refractivity contribution in [1.29, 1.82) is 0 Å². The Morgan fingerprint density at radius 2 is 2.09 bits per heavy atom. The SMILES string of the molecule is CC=C1CC2CC(O)CC(C1)N2C(=O)CC(C)c1c[nH]c2ccc(OF)c(OOSC)c12. The molecule has 9 heteroatoms. The highest BCUT2D eigenvalue weighted by molar-refractivity contribution is 7.93. The number of rotatable bonds is 7. The number of carbonyl (C=O) groups is 1. The number of halogens is 1. The van der Waals surface area contributed by atoms with Crippen molar-refractivity contribution in [2.75, 3.05) is 6.26 Å². The van der Waals surface area contributed by atoms with E-state index in [1.54, 1.807) is 12.3 Å². The van der Waals surface area contributed by atoms with Gasteiger partial charge in [-0.25, -0.2) is 0 Å². The number of nitrogens with zero attached hydrogens (tertiary/aromatic N) is 1. The van der Waals surface area contributed by atoms with E-state index in [1.807, 2.05) is 24.9 Å². The van der Waals surface area contributed by atoms with Gasteiger partial charge in [0.1, 0.15) is 0 Å². The van der Waals surface area contributed by atoms with Crippen LogP contribution in [0.4, 0.5) is 4.53 Å². The Balaban J connectivity index is 1.59. The molecule has 174 valence electrons. The molecule has 0 spiro atoms. The van der Waals surface area contributed by atoms with Gasteiger partial charge < -0.3 is 19.9 Å². The summed E-state index contributed by atoms with van der Waals surface area (Å²) in [5, 5.41) is 10.9. The number of H-pyrrole nitrogens is 1. The molecule has 1 aromatic heterocycles. The Morgan fingerprint density at radius 3 is 2.72 bits per heavy atom. The number of hydrogen-bond acceptors (Lipinski definition) is 6. The van der Waals surface area contributed by atoms with Crippen molar-refractivity contribution in [3.63, 3.8) is 0 Å². The molecule has 0 aliphatic carbocycles. The van der Waals surface area contributed by atoms with Crippen molar-refractivity contribution in [2.45, 2.75) is 70.1 Å². The van der Waals surface area contributed by atoms with Gasteiger partial charge in [-0.15, -0.1) is 4.33 Å². The van der Waals surface area contributed by atoms with Crippen LogP contribution in [0.25, 0.3) is 10.9 Å². The van der Waals surface area contributed by atoms with E-state index in [0.29, 0.717) is 24.6 Å². The van der Waals surface area contributed by atoms with Crippen molar-refractivity contribution in [3.8, 4) is 11.5 Å². The van der Waals surface area contributed by atoms with E-state index in [4.69, 9.17) is 9.22 Å². The number of allylic oxidation sites excluding steroid dienone is 1. The highest BCUT2D eigenvalue weighted by atomic mass is 32.2. The Hall–Kier alpha value is -2.23. The molecule has 0 radical (unpaired) electrons. The molecule has 2 aliphatic rings. The lowest BCUT2D eigenvalue weighted by atomic mass is 9.79. The van der Waals surface area contributed by atoms with Crippen LogP contribution in [-0.2, 0) is 9.13 Å². The predicted molar refractivity (Wildman–Crippen MR) is 121 cm³/mol. The number of benzene rings is 1. The molecule has 2 bridgehead atoms. The second-order valence-electron chi connectivity index (χ2n) is 8.65. The molecule has 2 aromatic rings. The first-order valence-electron chi connectivity index (χ1n) is 10.9. The molecule has 2 aliphatic heterocycles. The quantitative estimate of drug-likeness (QED) is 0.260. The van der Waals surface area contributed by atoms with E-state index in [0.717, 1.165) is 36.0 Å². The Kier molecular flexibility index (Phi) is 6.97. The van der Waals surface area contributed by atoms with Gasteiger partial charge in [0.25, 0.3) is 0 Å². The molecule has 1 amide bonds. The van der Waals surface area contributed by atoms with Crippen LogP contribution < -0.4 is 9.83 Å². The fourth-order valence-electron chi connectivity index (χ4n) is 5.22. The number of aromatic amines is 1. The minimum atomic E-state index is -0.353. The summed E-state index contributed by atoms with van der Waals surface area (Å²) in [6, 6.07) is 3.22. The van der Waals surface area contributed by atoms with Gasteiger partial charge in [0, 0.05) is 53.0 Å². The zero-order valence-electron chi connectivity index (χ0n) is 18.5. The normalized spacial score (nSPS) is 23.8. The first-order valence-corrected chi connectivity index (χ1v) is 12.0. The van der Waals surface area contributed by atoms with E-state index >= 15 is 0 Å². The van der Waals surface area contributed by atoms with Crippen molar-refractivity contribution >= 4 is 28.9 Å². The standard InChI is InChI=1S/C23H29FN2O5S/c1-4-14-8-15-10-17(27)11-16(9-14)26(15)21(28)7-13(2)18-12-25-19-5-6-20(29-24)23(22(18)19)30-31-32-3/h4-6,12-13,15-17,25,27H,7-11H2,1-3H3. The zero-order chi connectivity index (χ0) is 22.8. The van der Waals surface area contributed by atoms with E-state index in [2.05, 4.69) is 16.0 Å². The Morgan fingerprint density at radius 1 is 1.38 bits per heavy atom. The summed E-state index contributed by atoms with van der Waals surface area (Å²) in [6.45, 7) is 4.00. The number of aliphatic hydroxyl groups is 1. The maximum absolute atomic E-state index is 13.4. The van der Waals surface area contributed by atoms with Gasteiger partial charge >= 0.3 is 0 Å². The number of piperidine rings is 2. The molecule has 3 unspecified atom stereocenters. The van der Waals surface area contributed by atoms with Crippen LogP contribution in [0.1, 0.15) is 57.4 Å². The number of hydrogen-bond donors (Lipinski definition) is 2. The van der Waals surface area contributed by atoms with Crippen LogP contribution in [0.3, 0.4) is 0 Å². The van der Waals surface area contributed by atoms with Gasteiger partial charge in [0.2, 0.25) is 17.4 Å². The lowest BCUT2D eigenvalue weighted by molar-refractivity contribution is -0.142. The van der Waals surface area contributed by atoms with E-state index in [9.17, 15) is 14.4 Å². The lowest BCUT2D eigenvalue weighted by Crippen LogP contribution is -2.56. The summed E-state index contributed by atoms with van der Waals surface area (Å²) in [5.41, 5.74) is 2.91. The molecule has 3 atom stereocenters. The maximum atomic E-state index is 13.4. The van der Waals surface area contributed by atoms with Crippen LogP contribution in [0, 0.1) is 0 Å². The molecule has 2 saturated heterocycles. The van der Waals surface area contributed by atoms with Crippen molar-refractivity contribution < 1.29 is 28.6 Å². The number of fused-ring (bicyclic) bond motifs is 3. The summed E-state index contributed by atoms with van der Waals surface area (Å²) in [7, 11) is 0. The largest absolute Gasteiger partial charge is 0.393 e. The summed E-state index contributed by atoms with van der Waals surface area (Å²) in [4.78, 5) is 27.9. The van der Waals surface area contributed by atoms with Gasteiger partial charge in [-0.3, -0.25) is 9.74 Å². The molecule has 3 heterocycles. The van der Waals surface area contributed by atoms with Crippen molar-refractivity contribution in [3.05, 3.63) is 35.5 Å². The fourth-order valence-corrected chi connectivity index (χ4v) is 5.36. The summed E-state index contributed by atoms with van der Waals surface area (Å²) in [5.74, 6) is -0.0453. The summed E-state index contributed by atoms with van der Waals surface area (Å²) >= 11 is 0.986. The monoisotopic (exact) mass is 464 g/mol. The second kappa shape index (κ2) is 9.72. The summed E-state index contributed by atoms with van der Waals surface area (Å²) < 4.78 is 18.1. The number of nitrogens with one attached hydrogen (secondary N) is 1. The van der Waals surface area contributed by atoms with E-state index < -0.39 is 0 Å². The highest BCUT2D eigenvalue weighted by Gasteiger charge is 2.42. The molecular formula is C23H29FN2O5S. The third-order valence-corrected chi connectivity index (χ3v) is 6.84. The molecule has 2 N–H and O–H groups in total. The van der Waals surface area contributed by atoms with Crippen LogP contribution in [0.15, 0.2) is 30.0 Å². The third kappa shape index (κ3) is 4.33. The maximum Gasteiger partial charge on any atom is 0.223 e. The van der Waals surface area contributed by atoms with Gasteiger partial charge in [0.15, 0.2) is 0 Å². The molecule has 7 nitrogen and oxygen atoms in total. The molecule has 1 aromatic carbocycles. The molecular weight excluding hydrogens is 435 g/mol. The number of amides is 1. The lowest BCUT2D eigenvalue weighted by Gasteiger charge is -2.49. The second-order valence-corrected chi connectivity index (χ2v) is 9.12. The van der Waals surface area contributed by atoms with Crippen molar-refractivity contribution in [1.82, 2.24) is 9.88 Å².